The van der Waals surface area contributed by atoms with Crippen LogP contribution in [0.1, 0.15) is 18.4 Å². The van der Waals surface area contributed by atoms with Gasteiger partial charge in [-0.15, -0.1) is 0 Å². The molecule has 0 aromatic heterocycles. The zero-order valence-corrected chi connectivity index (χ0v) is 13.2. The molecule has 1 atom stereocenters. The Morgan fingerprint density at radius 2 is 1.65 bits per heavy atom. The molecule has 3 rings (SSSR count). The van der Waals surface area contributed by atoms with E-state index in [1.54, 1.807) is 7.11 Å². The zero-order valence-electron chi connectivity index (χ0n) is 13.2. The monoisotopic (exact) mass is 305 g/mol. The van der Waals surface area contributed by atoms with Crippen LogP contribution in [0.2, 0.25) is 0 Å². The van der Waals surface area contributed by atoms with Gasteiger partial charge in [0.25, 0.3) is 0 Å². The molecule has 116 valence electrons. The van der Waals surface area contributed by atoms with Gasteiger partial charge in [0.15, 0.2) is 0 Å². The molecule has 1 N–H and O–H groups in total. The summed E-state index contributed by atoms with van der Waals surface area (Å²) in [7, 11) is 1.66. The van der Waals surface area contributed by atoms with E-state index >= 15 is 0 Å². The first kappa shape index (κ1) is 15.1. The number of amides is 1. The number of carbonyl (C=O) groups is 1. The van der Waals surface area contributed by atoms with Gasteiger partial charge in [0.05, 0.1) is 13.0 Å². The molecule has 0 bridgehead atoms. The predicted octanol–water partition coefficient (Wildman–Crippen LogP) is 4.59. The van der Waals surface area contributed by atoms with Crippen molar-refractivity contribution in [1.82, 2.24) is 0 Å². The first-order chi connectivity index (χ1) is 11.2. The summed E-state index contributed by atoms with van der Waals surface area (Å²) < 4.78 is 5.24. The number of hydrogen-bond donors (Lipinski definition) is 1. The van der Waals surface area contributed by atoms with Crippen molar-refractivity contribution in [2.75, 3.05) is 12.4 Å². The van der Waals surface area contributed by atoms with Crippen LogP contribution in [0.5, 0.6) is 5.75 Å². The van der Waals surface area contributed by atoms with E-state index in [0.29, 0.717) is 0 Å². The van der Waals surface area contributed by atoms with Gasteiger partial charge in [-0.05, 0) is 47.5 Å². The van der Waals surface area contributed by atoms with Gasteiger partial charge in [-0.1, -0.05) is 42.5 Å². The highest BCUT2D eigenvalue weighted by atomic mass is 16.5. The van der Waals surface area contributed by atoms with E-state index in [9.17, 15) is 4.79 Å². The molecule has 0 heterocycles. The van der Waals surface area contributed by atoms with E-state index in [1.165, 1.54) is 0 Å². The Kier molecular flexibility index (Phi) is 4.29. The first-order valence-electron chi connectivity index (χ1n) is 7.61. The normalized spacial score (nSPS) is 11.9. The van der Waals surface area contributed by atoms with Crippen molar-refractivity contribution in [3.05, 3.63) is 72.3 Å². The van der Waals surface area contributed by atoms with Crippen molar-refractivity contribution in [3.63, 3.8) is 0 Å². The fourth-order valence-electron chi connectivity index (χ4n) is 2.56. The molecule has 0 unspecified atom stereocenters. The maximum absolute atomic E-state index is 12.4. The van der Waals surface area contributed by atoms with Crippen LogP contribution in [0, 0.1) is 0 Å². The number of nitrogens with one attached hydrogen (secondary N) is 1. The van der Waals surface area contributed by atoms with Crippen molar-refractivity contribution >= 4 is 22.4 Å². The van der Waals surface area contributed by atoms with Crippen LogP contribution < -0.4 is 10.1 Å². The summed E-state index contributed by atoms with van der Waals surface area (Å²) in [5, 5.41) is 5.15. The average Bonchev–Trinajstić information content (AvgIpc) is 2.61. The molecule has 0 fully saturated rings. The van der Waals surface area contributed by atoms with Gasteiger partial charge in [0.2, 0.25) is 5.91 Å². The van der Waals surface area contributed by atoms with Crippen molar-refractivity contribution in [1.29, 1.82) is 0 Å². The second kappa shape index (κ2) is 6.53. The van der Waals surface area contributed by atoms with E-state index in [1.807, 2.05) is 67.6 Å². The second-order valence-electron chi connectivity index (χ2n) is 5.55. The Hall–Kier alpha value is -2.81. The fourth-order valence-corrected chi connectivity index (χ4v) is 2.56. The van der Waals surface area contributed by atoms with Crippen LogP contribution >= 0.6 is 0 Å². The molecular weight excluding hydrogens is 286 g/mol. The van der Waals surface area contributed by atoms with E-state index in [4.69, 9.17) is 4.74 Å². The number of para-hydroxylation sites is 1. The number of benzene rings is 3. The third-order valence-electron chi connectivity index (χ3n) is 4.01. The molecular formula is C20H19NO2. The van der Waals surface area contributed by atoms with E-state index < -0.39 is 0 Å². The highest BCUT2D eigenvalue weighted by molar-refractivity contribution is 5.96. The van der Waals surface area contributed by atoms with Gasteiger partial charge in [0, 0.05) is 5.69 Å². The third kappa shape index (κ3) is 3.34. The highest BCUT2D eigenvalue weighted by Crippen LogP contribution is 2.25. The summed E-state index contributed by atoms with van der Waals surface area (Å²) in [5.74, 6) is 0.603. The number of methoxy groups -OCH3 is 1. The lowest BCUT2D eigenvalue weighted by Crippen LogP contribution is -2.18. The Morgan fingerprint density at radius 1 is 0.957 bits per heavy atom. The summed E-state index contributed by atoms with van der Waals surface area (Å²) in [5.41, 5.74) is 1.81. The maximum Gasteiger partial charge on any atom is 0.231 e. The smallest absolute Gasteiger partial charge is 0.231 e. The molecule has 0 aliphatic carbocycles. The molecule has 0 radical (unpaired) electrons. The summed E-state index contributed by atoms with van der Waals surface area (Å²) in [4.78, 5) is 12.4. The number of ether oxygens (including phenoxy) is 1. The minimum Gasteiger partial charge on any atom is -0.497 e. The molecule has 3 aromatic carbocycles. The van der Waals surface area contributed by atoms with Crippen molar-refractivity contribution in [2.24, 2.45) is 0 Å². The Morgan fingerprint density at radius 3 is 2.39 bits per heavy atom. The molecule has 0 spiro atoms. The lowest BCUT2D eigenvalue weighted by atomic mass is 9.97. The van der Waals surface area contributed by atoms with Crippen LogP contribution in [-0.4, -0.2) is 13.0 Å². The number of fused-ring (bicyclic) bond motifs is 1. The van der Waals surface area contributed by atoms with E-state index in [2.05, 4.69) is 11.4 Å². The molecule has 3 aromatic rings. The first-order valence-corrected chi connectivity index (χ1v) is 7.61. The third-order valence-corrected chi connectivity index (χ3v) is 4.01. The average molecular weight is 305 g/mol. The van der Waals surface area contributed by atoms with E-state index in [-0.39, 0.29) is 11.8 Å². The Balaban J connectivity index is 1.82. The molecule has 3 nitrogen and oxygen atoms in total. The quantitative estimate of drug-likeness (QED) is 0.765. The summed E-state index contributed by atoms with van der Waals surface area (Å²) in [6.45, 7) is 1.92. The predicted molar refractivity (Wildman–Crippen MR) is 94.0 cm³/mol. The molecule has 0 aliphatic heterocycles. The molecule has 23 heavy (non-hydrogen) atoms. The number of anilines is 1. The van der Waals surface area contributed by atoms with Gasteiger partial charge in [-0.2, -0.15) is 0 Å². The second-order valence-corrected chi connectivity index (χ2v) is 5.55. The highest BCUT2D eigenvalue weighted by Gasteiger charge is 2.15. The van der Waals surface area contributed by atoms with Gasteiger partial charge >= 0.3 is 0 Å². The van der Waals surface area contributed by atoms with Crippen molar-refractivity contribution in [3.8, 4) is 5.75 Å². The van der Waals surface area contributed by atoms with Gasteiger partial charge in [-0.3, -0.25) is 4.79 Å². The SMILES string of the molecule is COc1ccc2cc([C@H](C)C(=O)Nc3ccccc3)ccc2c1. The summed E-state index contributed by atoms with van der Waals surface area (Å²) >= 11 is 0. The van der Waals surface area contributed by atoms with Crippen LogP contribution in [-0.2, 0) is 4.79 Å². The lowest BCUT2D eigenvalue weighted by molar-refractivity contribution is -0.117. The number of carbonyl (C=O) groups excluding carboxylic acids is 1. The zero-order chi connectivity index (χ0) is 16.2. The van der Waals surface area contributed by atoms with Gasteiger partial charge < -0.3 is 10.1 Å². The number of rotatable bonds is 4. The molecule has 0 saturated heterocycles. The van der Waals surface area contributed by atoms with E-state index in [0.717, 1.165) is 27.8 Å². The summed E-state index contributed by atoms with van der Waals surface area (Å²) in [6.07, 6.45) is 0. The molecule has 1 amide bonds. The fraction of sp³-hybridized carbons (Fsp3) is 0.150. The molecule has 0 aliphatic rings. The minimum absolute atomic E-state index is 0.0101. The standard InChI is InChI=1S/C20H19NO2/c1-14(20(22)21-18-6-4-3-5-7-18)15-8-9-17-13-19(23-2)11-10-16(17)12-15/h3-14H,1-2H3,(H,21,22)/t14-/m0/s1. The van der Waals surface area contributed by atoms with Crippen LogP contribution in [0.3, 0.4) is 0 Å². The Labute approximate surface area is 135 Å². The summed E-state index contributed by atoms with van der Waals surface area (Å²) in [6, 6.07) is 21.5. The Bertz CT molecular complexity index is 827. The van der Waals surface area contributed by atoms with Gasteiger partial charge in [-0.25, -0.2) is 0 Å². The topological polar surface area (TPSA) is 38.3 Å². The van der Waals surface area contributed by atoms with Crippen LogP contribution in [0.4, 0.5) is 5.69 Å². The van der Waals surface area contributed by atoms with Crippen LogP contribution in [0.25, 0.3) is 10.8 Å². The lowest BCUT2D eigenvalue weighted by Gasteiger charge is -2.13. The van der Waals surface area contributed by atoms with Crippen LogP contribution in [0.15, 0.2) is 66.7 Å². The van der Waals surface area contributed by atoms with Crippen molar-refractivity contribution < 1.29 is 9.53 Å². The molecule has 3 heteroatoms. The number of hydrogen-bond acceptors (Lipinski definition) is 2. The largest absolute Gasteiger partial charge is 0.497 e. The molecule has 0 saturated carbocycles. The maximum atomic E-state index is 12.4. The van der Waals surface area contributed by atoms with Gasteiger partial charge in [0.1, 0.15) is 5.75 Å². The minimum atomic E-state index is -0.221. The van der Waals surface area contributed by atoms with Crippen molar-refractivity contribution in [2.45, 2.75) is 12.8 Å².